The molecule has 3 aromatic carbocycles. The van der Waals surface area contributed by atoms with E-state index in [2.05, 4.69) is 0 Å². The zero-order valence-corrected chi connectivity index (χ0v) is 21.9. The van der Waals surface area contributed by atoms with Crippen molar-refractivity contribution < 1.29 is 19.3 Å². The maximum absolute atomic E-state index is 13.6. The van der Waals surface area contributed by atoms with Crippen LogP contribution in [-0.4, -0.2) is 32.7 Å². The van der Waals surface area contributed by atoms with E-state index in [4.69, 9.17) is 69.6 Å². The van der Waals surface area contributed by atoms with Crippen LogP contribution in [0.2, 0.25) is 30.1 Å². The number of benzene rings is 3. The number of nitro groups is 1. The van der Waals surface area contributed by atoms with Gasteiger partial charge >= 0.3 is 0 Å². The lowest BCUT2D eigenvalue weighted by Gasteiger charge is -2.30. The van der Waals surface area contributed by atoms with Gasteiger partial charge in [0.15, 0.2) is 0 Å². The Morgan fingerprint density at radius 1 is 0.861 bits per heavy atom. The highest BCUT2D eigenvalue weighted by molar-refractivity contribution is 6.55. The molecular weight excluding hydrogens is 599 g/mol. The van der Waals surface area contributed by atoms with E-state index in [1.165, 1.54) is 36.4 Å². The molecule has 8 nitrogen and oxygen atoms in total. The molecule has 36 heavy (non-hydrogen) atoms. The first-order valence-corrected chi connectivity index (χ1v) is 12.0. The fourth-order valence-electron chi connectivity index (χ4n) is 3.50. The summed E-state index contributed by atoms with van der Waals surface area (Å²) in [5.41, 5.74) is -0.943. The Kier molecular flexibility index (Phi) is 7.39. The van der Waals surface area contributed by atoms with Gasteiger partial charge in [-0.25, -0.2) is 5.01 Å². The van der Waals surface area contributed by atoms with Gasteiger partial charge in [0.1, 0.15) is 0 Å². The maximum Gasteiger partial charge on any atom is 0.282 e. The van der Waals surface area contributed by atoms with Crippen molar-refractivity contribution in [3.8, 4) is 0 Å². The van der Waals surface area contributed by atoms with Crippen LogP contribution in [0.1, 0.15) is 36.6 Å². The van der Waals surface area contributed by atoms with Gasteiger partial charge < -0.3 is 0 Å². The molecule has 3 aromatic rings. The summed E-state index contributed by atoms with van der Waals surface area (Å²) in [4.78, 5) is 51.0. The van der Waals surface area contributed by atoms with E-state index in [-0.39, 0.29) is 47.5 Å². The van der Waals surface area contributed by atoms with E-state index in [1.54, 1.807) is 0 Å². The molecule has 1 aliphatic heterocycles. The highest BCUT2D eigenvalue weighted by Crippen LogP contribution is 2.45. The Labute approximate surface area is 232 Å². The topological polar surface area (TPSA) is 101 Å². The first kappa shape index (κ1) is 26.5. The zero-order chi connectivity index (χ0) is 26.5. The predicted octanol–water partition coefficient (Wildman–Crippen LogP) is 7.37. The second-order valence-corrected chi connectivity index (χ2v) is 9.69. The van der Waals surface area contributed by atoms with E-state index in [0.29, 0.717) is 15.6 Å². The third-order valence-electron chi connectivity index (χ3n) is 5.19. The van der Waals surface area contributed by atoms with Gasteiger partial charge in [-0.05, 0) is 23.8 Å². The van der Waals surface area contributed by atoms with Gasteiger partial charge in [0.05, 0.1) is 42.7 Å². The third-order valence-corrected chi connectivity index (χ3v) is 7.58. The summed E-state index contributed by atoms with van der Waals surface area (Å²) in [7, 11) is 0. The van der Waals surface area contributed by atoms with Crippen molar-refractivity contribution in [1.29, 1.82) is 0 Å². The second kappa shape index (κ2) is 10.0. The van der Waals surface area contributed by atoms with Crippen LogP contribution in [0.25, 0.3) is 0 Å². The molecule has 0 atom stereocenters. The van der Waals surface area contributed by atoms with Crippen LogP contribution in [0, 0.1) is 10.1 Å². The van der Waals surface area contributed by atoms with E-state index < -0.39 is 29.2 Å². The summed E-state index contributed by atoms with van der Waals surface area (Å²) in [6.45, 7) is -0.403. The van der Waals surface area contributed by atoms with Crippen molar-refractivity contribution in [2.24, 2.45) is 0 Å². The van der Waals surface area contributed by atoms with E-state index in [1.807, 2.05) is 0 Å². The standard InChI is InChI=1S/C22H9Cl6N3O5/c23-11-5-4-10(13(24)7-11)8-29(20(32)9-2-1-3-12(6-9)31(35)36)30-21(33)14-15(22(30)34)17(26)19(28)18(27)16(14)25/h1-7H,8H2. The molecule has 3 amide bonds. The Morgan fingerprint density at radius 2 is 1.44 bits per heavy atom. The van der Waals surface area contributed by atoms with E-state index in [0.717, 1.165) is 11.1 Å². The number of amides is 3. The molecule has 0 aromatic heterocycles. The number of imide groups is 1. The molecule has 1 heterocycles. The summed E-state index contributed by atoms with van der Waals surface area (Å²) in [6, 6.07) is 9.16. The van der Waals surface area contributed by atoms with Gasteiger partial charge in [-0.15, -0.1) is 0 Å². The number of halogens is 6. The fourth-order valence-corrected chi connectivity index (χ4v) is 4.99. The van der Waals surface area contributed by atoms with Crippen LogP contribution in [0.15, 0.2) is 42.5 Å². The Hall–Kier alpha value is -2.59. The third kappa shape index (κ3) is 4.49. The smallest absolute Gasteiger partial charge is 0.267 e. The minimum Gasteiger partial charge on any atom is -0.267 e. The number of rotatable bonds is 5. The fraction of sp³-hybridized carbons (Fsp3) is 0.0455. The van der Waals surface area contributed by atoms with Gasteiger partial charge in [-0.3, -0.25) is 24.5 Å². The largest absolute Gasteiger partial charge is 0.282 e. The Morgan fingerprint density at radius 3 is 1.97 bits per heavy atom. The van der Waals surface area contributed by atoms with Crippen molar-refractivity contribution in [2.45, 2.75) is 6.54 Å². The van der Waals surface area contributed by atoms with Crippen LogP contribution in [-0.2, 0) is 6.54 Å². The normalized spacial score (nSPS) is 12.7. The van der Waals surface area contributed by atoms with Crippen LogP contribution in [0.5, 0.6) is 0 Å². The van der Waals surface area contributed by atoms with Crippen molar-refractivity contribution in [3.05, 3.63) is 105 Å². The van der Waals surface area contributed by atoms with Crippen LogP contribution >= 0.6 is 69.6 Å². The summed E-state index contributed by atoms with van der Waals surface area (Å²) >= 11 is 36.8. The lowest BCUT2D eigenvalue weighted by molar-refractivity contribution is -0.384. The second-order valence-electron chi connectivity index (χ2n) is 7.33. The lowest BCUT2D eigenvalue weighted by atomic mass is 10.1. The molecule has 4 rings (SSSR count). The molecule has 0 spiro atoms. The number of non-ortho nitro benzene ring substituents is 1. The number of nitrogens with zero attached hydrogens (tertiary/aromatic N) is 3. The van der Waals surface area contributed by atoms with E-state index >= 15 is 0 Å². The number of nitro benzene ring substituents is 1. The van der Waals surface area contributed by atoms with Gasteiger partial charge in [0.2, 0.25) is 0 Å². The molecule has 0 N–H and O–H groups in total. The number of carbonyl (C=O) groups is 3. The molecule has 14 heteroatoms. The van der Waals surface area contributed by atoms with Crippen molar-refractivity contribution >= 4 is 93.0 Å². The number of hydrazine groups is 1. The molecule has 1 aliphatic rings. The van der Waals surface area contributed by atoms with Gasteiger partial charge in [0, 0.05) is 27.7 Å². The minimum atomic E-state index is -1.01. The highest BCUT2D eigenvalue weighted by atomic mass is 35.5. The molecule has 184 valence electrons. The summed E-state index contributed by atoms with van der Waals surface area (Å²) < 4.78 is 0. The molecule has 0 saturated heterocycles. The average Bonchev–Trinajstić information content (AvgIpc) is 3.10. The molecular formula is C22H9Cl6N3O5. The van der Waals surface area contributed by atoms with Crippen molar-refractivity contribution in [2.75, 3.05) is 0 Å². The Balaban J connectivity index is 1.87. The zero-order valence-electron chi connectivity index (χ0n) is 17.4. The summed E-state index contributed by atoms with van der Waals surface area (Å²) in [5.74, 6) is -2.95. The number of hydrogen-bond acceptors (Lipinski definition) is 5. The van der Waals surface area contributed by atoms with Gasteiger partial charge in [0.25, 0.3) is 23.4 Å². The lowest BCUT2D eigenvalue weighted by Crippen LogP contribution is -2.49. The Bertz CT molecular complexity index is 1450. The average molecular weight is 608 g/mol. The SMILES string of the molecule is O=C(c1cccc([N+](=O)[O-])c1)N(Cc1ccc(Cl)cc1Cl)N1C(=O)c2c(Cl)c(Cl)c(Cl)c(Cl)c2C1=O. The van der Waals surface area contributed by atoms with Crippen LogP contribution in [0.4, 0.5) is 5.69 Å². The first-order valence-electron chi connectivity index (χ1n) is 9.69. The number of carbonyl (C=O) groups excluding carboxylic acids is 3. The molecule has 0 unspecified atom stereocenters. The summed E-state index contributed by atoms with van der Waals surface area (Å²) in [5, 5.41) is 11.8. The summed E-state index contributed by atoms with van der Waals surface area (Å²) in [6.07, 6.45) is 0. The van der Waals surface area contributed by atoms with Crippen LogP contribution < -0.4 is 0 Å². The quantitative estimate of drug-likeness (QED) is 0.0991. The monoisotopic (exact) mass is 605 g/mol. The van der Waals surface area contributed by atoms with Crippen LogP contribution in [0.3, 0.4) is 0 Å². The minimum absolute atomic E-state index is 0.137. The molecule has 0 bridgehead atoms. The first-order chi connectivity index (χ1) is 16.9. The maximum atomic E-state index is 13.6. The van der Waals surface area contributed by atoms with Gasteiger partial charge in [-0.1, -0.05) is 81.7 Å². The van der Waals surface area contributed by atoms with Gasteiger partial charge in [-0.2, -0.15) is 5.01 Å². The van der Waals surface area contributed by atoms with Crippen molar-refractivity contribution in [3.63, 3.8) is 0 Å². The molecule has 0 radical (unpaired) electrons. The highest BCUT2D eigenvalue weighted by Gasteiger charge is 2.46. The molecule has 0 fully saturated rings. The van der Waals surface area contributed by atoms with E-state index in [9.17, 15) is 24.5 Å². The molecule has 0 saturated carbocycles. The molecule has 0 aliphatic carbocycles. The number of hydrogen-bond donors (Lipinski definition) is 0. The predicted molar refractivity (Wildman–Crippen MR) is 136 cm³/mol. The van der Waals surface area contributed by atoms with Crippen molar-refractivity contribution in [1.82, 2.24) is 10.0 Å². The number of fused-ring (bicyclic) bond motifs is 1.